The highest BCUT2D eigenvalue weighted by Gasteiger charge is 2.43. The van der Waals surface area contributed by atoms with E-state index in [2.05, 4.69) is 66.4 Å². The highest BCUT2D eigenvalue weighted by molar-refractivity contribution is 5.27. The Kier molecular flexibility index (Phi) is 8.41. The van der Waals surface area contributed by atoms with E-state index in [0.717, 1.165) is 37.8 Å². The largest absolute Gasteiger partial charge is 0.392 e. The lowest BCUT2D eigenvalue weighted by Gasteiger charge is -2.26. The Morgan fingerprint density at radius 3 is 2.58 bits per heavy atom. The minimum atomic E-state index is -0.510. The Morgan fingerprint density at radius 2 is 1.75 bits per heavy atom. The number of likely N-dealkylation sites (tertiary alicyclic amines) is 1. The predicted molar refractivity (Wildman–Crippen MR) is 148 cm³/mol. The second-order valence-electron chi connectivity index (χ2n) is 11.5. The van der Waals surface area contributed by atoms with Gasteiger partial charge < -0.3 is 10.2 Å². The van der Waals surface area contributed by atoms with Crippen LogP contribution < -0.4 is 0 Å². The average molecular weight is 486 g/mol. The van der Waals surface area contributed by atoms with Crippen molar-refractivity contribution in [2.75, 3.05) is 13.1 Å². The summed E-state index contributed by atoms with van der Waals surface area (Å²) in [6.07, 6.45) is 14.5. The minimum absolute atomic E-state index is 0.142. The molecule has 0 amide bonds. The Bertz CT molecular complexity index is 1070. The molecule has 1 saturated carbocycles. The van der Waals surface area contributed by atoms with Crippen LogP contribution in [0.25, 0.3) is 0 Å². The SMILES string of the molecule is Cc1cccc(C[C@H](O)C=C[C@@H]2[C@H]3CC(CCc4cccc(CN5CCCCC5)c4)=C[C@H]3C[C@H]2O)c1. The van der Waals surface area contributed by atoms with E-state index in [1.54, 1.807) is 5.57 Å². The highest BCUT2D eigenvalue weighted by atomic mass is 16.3. The van der Waals surface area contributed by atoms with Gasteiger partial charge in [0.05, 0.1) is 12.2 Å². The van der Waals surface area contributed by atoms with Crippen LogP contribution in [0.2, 0.25) is 0 Å². The number of aliphatic hydroxyl groups is 2. The van der Waals surface area contributed by atoms with Gasteiger partial charge in [0.15, 0.2) is 0 Å². The molecule has 0 radical (unpaired) electrons. The molecule has 2 aromatic carbocycles. The van der Waals surface area contributed by atoms with Gasteiger partial charge in [-0.2, -0.15) is 0 Å². The number of piperidine rings is 1. The summed E-state index contributed by atoms with van der Waals surface area (Å²) in [6.45, 7) is 5.65. The van der Waals surface area contributed by atoms with Crippen molar-refractivity contribution in [3.63, 3.8) is 0 Å². The molecular formula is C33H43NO2. The zero-order valence-corrected chi connectivity index (χ0v) is 21.9. The number of nitrogens with zero attached hydrogens (tertiary/aromatic N) is 1. The third kappa shape index (κ3) is 6.56. The molecule has 1 aliphatic heterocycles. The lowest BCUT2D eigenvalue weighted by molar-refractivity contribution is 0.140. The van der Waals surface area contributed by atoms with E-state index < -0.39 is 6.10 Å². The smallest absolute Gasteiger partial charge is 0.0761 e. The van der Waals surface area contributed by atoms with Crippen LogP contribution in [0.5, 0.6) is 0 Å². The Morgan fingerprint density at radius 1 is 0.972 bits per heavy atom. The molecular weight excluding hydrogens is 442 g/mol. The molecule has 2 N–H and O–H groups in total. The number of rotatable bonds is 9. The summed E-state index contributed by atoms with van der Waals surface area (Å²) in [5, 5.41) is 21.3. The fourth-order valence-electron chi connectivity index (χ4n) is 6.76. The number of aryl methyl sites for hydroxylation is 2. The molecule has 0 spiro atoms. The molecule has 0 unspecified atom stereocenters. The van der Waals surface area contributed by atoms with Gasteiger partial charge in [0.25, 0.3) is 0 Å². The predicted octanol–water partition coefficient (Wildman–Crippen LogP) is 6.02. The van der Waals surface area contributed by atoms with Gasteiger partial charge >= 0.3 is 0 Å². The molecule has 36 heavy (non-hydrogen) atoms. The molecule has 5 atom stereocenters. The van der Waals surface area contributed by atoms with Gasteiger partial charge in [-0.1, -0.05) is 84.3 Å². The van der Waals surface area contributed by atoms with Crippen molar-refractivity contribution in [3.8, 4) is 0 Å². The van der Waals surface area contributed by atoms with Crippen LogP contribution in [-0.4, -0.2) is 40.4 Å². The van der Waals surface area contributed by atoms with E-state index in [-0.39, 0.29) is 12.0 Å². The summed E-state index contributed by atoms with van der Waals surface area (Å²) in [5.74, 6) is 1.09. The first kappa shape index (κ1) is 25.4. The molecule has 3 aliphatic rings. The molecule has 5 rings (SSSR count). The molecule has 2 aromatic rings. The zero-order chi connectivity index (χ0) is 24.9. The van der Waals surface area contributed by atoms with Crippen LogP contribution in [0.1, 0.15) is 60.8 Å². The monoisotopic (exact) mass is 485 g/mol. The van der Waals surface area contributed by atoms with Gasteiger partial charge in [-0.3, -0.25) is 4.90 Å². The topological polar surface area (TPSA) is 43.7 Å². The molecule has 0 aromatic heterocycles. The van der Waals surface area contributed by atoms with E-state index in [0.29, 0.717) is 18.3 Å². The number of hydrogen-bond donors (Lipinski definition) is 2. The molecule has 3 nitrogen and oxygen atoms in total. The Balaban J connectivity index is 1.13. The first-order chi connectivity index (χ1) is 17.5. The quantitative estimate of drug-likeness (QED) is 0.427. The maximum Gasteiger partial charge on any atom is 0.0761 e. The molecule has 3 heteroatoms. The van der Waals surface area contributed by atoms with Gasteiger partial charge in [-0.15, -0.1) is 0 Å². The van der Waals surface area contributed by atoms with E-state index in [4.69, 9.17) is 0 Å². The fourth-order valence-corrected chi connectivity index (χ4v) is 6.76. The summed E-state index contributed by atoms with van der Waals surface area (Å²) < 4.78 is 0. The first-order valence-electron chi connectivity index (χ1n) is 14.1. The summed E-state index contributed by atoms with van der Waals surface area (Å²) in [6, 6.07) is 17.5. The lowest BCUT2D eigenvalue weighted by Crippen LogP contribution is -2.29. The number of allylic oxidation sites excluding steroid dienone is 2. The van der Waals surface area contributed by atoms with Gasteiger partial charge in [-0.05, 0) is 87.1 Å². The molecule has 1 heterocycles. The van der Waals surface area contributed by atoms with Crippen LogP contribution >= 0.6 is 0 Å². The maximum atomic E-state index is 10.7. The van der Waals surface area contributed by atoms with Crippen molar-refractivity contribution in [1.82, 2.24) is 4.90 Å². The van der Waals surface area contributed by atoms with Crippen molar-refractivity contribution in [3.05, 3.63) is 94.6 Å². The van der Waals surface area contributed by atoms with Gasteiger partial charge in [0.2, 0.25) is 0 Å². The minimum Gasteiger partial charge on any atom is -0.392 e. The van der Waals surface area contributed by atoms with E-state index >= 15 is 0 Å². The van der Waals surface area contributed by atoms with Crippen molar-refractivity contribution in [1.29, 1.82) is 0 Å². The summed E-state index contributed by atoms with van der Waals surface area (Å²) in [7, 11) is 0. The normalized spacial score (nSPS) is 27.4. The van der Waals surface area contributed by atoms with Crippen LogP contribution in [-0.2, 0) is 19.4 Å². The Labute approximate surface area is 217 Å². The average Bonchev–Trinajstić information content (AvgIpc) is 3.38. The Hall–Kier alpha value is -2.20. The molecule has 2 aliphatic carbocycles. The van der Waals surface area contributed by atoms with Gasteiger partial charge in [0, 0.05) is 18.9 Å². The first-order valence-corrected chi connectivity index (χ1v) is 14.1. The fraction of sp³-hybridized carbons (Fsp3) is 0.515. The standard InChI is InChI=1S/C33H43NO2/c1-24-7-5-9-26(17-24)20-30(35)13-14-31-32-21-27(19-29(32)22-33(31)36)12-11-25-8-6-10-28(18-25)23-34-15-3-2-4-16-34/h5-10,13-14,17-19,29-33,35-36H,2-4,11-12,15-16,20-23H2,1H3/t29-,30+,31+,32-,33+/m0/s1. The number of benzene rings is 2. The lowest BCUT2D eigenvalue weighted by atomic mass is 9.88. The van der Waals surface area contributed by atoms with Crippen molar-refractivity contribution in [2.45, 2.75) is 77.0 Å². The van der Waals surface area contributed by atoms with Crippen molar-refractivity contribution in [2.24, 2.45) is 17.8 Å². The van der Waals surface area contributed by atoms with Crippen LogP contribution in [0.15, 0.2) is 72.3 Å². The zero-order valence-electron chi connectivity index (χ0n) is 21.9. The van der Waals surface area contributed by atoms with Crippen molar-refractivity contribution >= 4 is 0 Å². The van der Waals surface area contributed by atoms with E-state index in [1.165, 1.54) is 49.0 Å². The second-order valence-corrected chi connectivity index (χ2v) is 11.5. The van der Waals surface area contributed by atoms with Crippen LogP contribution in [0.3, 0.4) is 0 Å². The maximum absolute atomic E-state index is 10.7. The molecule has 2 fully saturated rings. The summed E-state index contributed by atoms with van der Waals surface area (Å²) in [4.78, 5) is 2.60. The summed E-state index contributed by atoms with van der Waals surface area (Å²) in [5.41, 5.74) is 6.82. The number of hydrogen-bond acceptors (Lipinski definition) is 3. The van der Waals surface area contributed by atoms with E-state index in [1.807, 2.05) is 12.1 Å². The highest BCUT2D eigenvalue weighted by Crippen LogP contribution is 2.48. The number of fused-ring (bicyclic) bond motifs is 1. The van der Waals surface area contributed by atoms with E-state index in [9.17, 15) is 10.2 Å². The van der Waals surface area contributed by atoms with Gasteiger partial charge in [-0.25, -0.2) is 0 Å². The second kappa shape index (κ2) is 11.9. The summed E-state index contributed by atoms with van der Waals surface area (Å²) >= 11 is 0. The third-order valence-electron chi connectivity index (χ3n) is 8.61. The van der Waals surface area contributed by atoms with Crippen LogP contribution in [0, 0.1) is 24.7 Å². The molecule has 192 valence electrons. The van der Waals surface area contributed by atoms with Crippen molar-refractivity contribution < 1.29 is 10.2 Å². The third-order valence-corrected chi connectivity index (χ3v) is 8.61. The van der Waals surface area contributed by atoms with Gasteiger partial charge in [0.1, 0.15) is 0 Å². The molecule has 1 saturated heterocycles. The number of aliphatic hydroxyl groups excluding tert-OH is 2. The van der Waals surface area contributed by atoms with Crippen LogP contribution in [0.4, 0.5) is 0 Å². The molecule has 0 bridgehead atoms.